The summed E-state index contributed by atoms with van der Waals surface area (Å²) in [5.74, 6) is 0. The van der Waals surface area contributed by atoms with E-state index < -0.39 is 0 Å². The Kier molecular flexibility index (Phi) is 4.74. The molecule has 0 aliphatic rings. The van der Waals surface area contributed by atoms with Crippen molar-refractivity contribution in [2.75, 3.05) is 0 Å². The van der Waals surface area contributed by atoms with Crippen molar-refractivity contribution in [3.8, 4) is 0 Å². The number of nitrogens with one attached hydrogen (secondary N) is 1. The quantitative estimate of drug-likeness (QED) is 0.859. The van der Waals surface area contributed by atoms with Crippen LogP contribution in [0.3, 0.4) is 0 Å². The van der Waals surface area contributed by atoms with Crippen molar-refractivity contribution in [2.45, 2.75) is 46.3 Å². The summed E-state index contributed by atoms with van der Waals surface area (Å²) in [6, 6.07) is 11.3. The molecule has 1 unspecified atom stereocenters. The van der Waals surface area contributed by atoms with Gasteiger partial charge in [-0.15, -0.1) is 0 Å². The Balaban J connectivity index is 2.01. The molecule has 1 aromatic heterocycles. The highest BCUT2D eigenvalue weighted by atomic mass is 15.3. The highest BCUT2D eigenvalue weighted by Gasteiger charge is 2.09. The molecule has 2 rings (SSSR count). The summed E-state index contributed by atoms with van der Waals surface area (Å²) in [6.45, 7) is 8.24. The molecule has 0 radical (unpaired) electrons. The van der Waals surface area contributed by atoms with E-state index in [-0.39, 0.29) is 0 Å². The summed E-state index contributed by atoms with van der Waals surface area (Å²) in [6.07, 6.45) is 2.96. The SMILES string of the molecule is CCC(NCc1ccnn1CC)c1ccc(C)cc1. The maximum atomic E-state index is 4.30. The van der Waals surface area contributed by atoms with Crippen LogP contribution < -0.4 is 5.32 Å². The van der Waals surface area contributed by atoms with Crippen LogP contribution in [-0.4, -0.2) is 9.78 Å². The number of hydrogen-bond acceptors (Lipinski definition) is 2. The fourth-order valence-electron chi connectivity index (χ4n) is 2.32. The van der Waals surface area contributed by atoms with E-state index in [1.54, 1.807) is 0 Å². The van der Waals surface area contributed by atoms with Crippen molar-refractivity contribution in [1.29, 1.82) is 0 Å². The molecule has 1 atom stereocenters. The third-order valence-electron chi connectivity index (χ3n) is 3.52. The molecule has 0 aliphatic carbocycles. The summed E-state index contributed by atoms with van der Waals surface area (Å²) < 4.78 is 2.04. The molecule has 2 aromatic rings. The minimum atomic E-state index is 0.404. The molecule has 3 nitrogen and oxygen atoms in total. The van der Waals surface area contributed by atoms with E-state index in [4.69, 9.17) is 0 Å². The minimum absolute atomic E-state index is 0.404. The molecule has 19 heavy (non-hydrogen) atoms. The minimum Gasteiger partial charge on any atom is -0.304 e. The topological polar surface area (TPSA) is 29.9 Å². The van der Waals surface area contributed by atoms with Crippen molar-refractivity contribution in [2.24, 2.45) is 0 Å². The Morgan fingerprint density at radius 1 is 1.16 bits per heavy atom. The third-order valence-corrected chi connectivity index (χ3v) is 3.52. The van der Waals surface area contributed by atoms with Crippen LogP contribution in [0.4, 0.5) is 0 Å². The van der Waals surface area contributed by atoms with Crippen LogP contribution in [0.2, 0.25) is 0 Å². The van der Waals surface area contributed by atoms with Crippen molar-refractivity contribution in [3.05, 3.63) is 53.3 Å². The first kappa shape index (κ1) is 13.8. The Morgan fingerprint density at radius 2 is 1.89 bits per heavy atom. The first-order valence-corrected chi connectivity index (χ1v) is 7.05. The molecule has 0 amide bonds. The maximum absolute atomic E-state index is 4.30. The van der Waals surface area contributed by atoms with E-state index in [1.165, 1.54) is 16.8 Å². The average molecular weight is 257 g/mol. The number of rotatable bonds is 6. The Labute approximate surface area is 115 Å². The zero-order valence-corrected chi connectivity index (χ0v) is 12.1. The van der Waals surface area contributed by atoms with E-state index in [0.29, 0.717) is 6.04 Å². The Bertz CT molecular complexity index is 499. The highest BCUT2D eigenvalue weighted by molar-refractivity contribution is 5.24. The molecule has 1 heterocycles. The predicted molar refractivity (Wildman–Crippen MR) is 79.0 cm³/mol. The van der Waals surface area contributed by atoms with Gasteiger partial charge in [0, 0.05) is 25.3 Å². The molecule has 0 saturated carbocycles. The fourth-order valence-corrected chi connectivity index (χ4v) is 2.32. The van der Waals surface area contributed by atoms with Crippen LogP contribution >= 0.6 is 0 Å². The van der Waals surface area contributed by atoms with Crippen molar-refractivity contribution in [1.82, 2.24) is 15.1 Å². The number of hydrogen-bond donors (Lipinski definition) is 1. The molecule has 1 N–H and O–H groups in total. The summed E-state index contributed by atoms with van der Waals surface area (Å²) in [4.78, 5) is 0. The van der Waals surface area contributed by atoms with Crippen LogP contribution in [0.15, 0.2) is 36.5 Å². The smallest absolute Gasteiger partial charge is 0.0522 e. The monoisotopic (exact) mass is 257 g/mol. The van der Waals surface area contributed by atoms with E-state index >= 15 is 0 Å². The molecular weight excluding hydrogens is 234 g/mol. The maximum Gasteiger partial charge on any atom is 0.0522 e. The second-order valence-electron chi connectivity index (χ2n) is 4.89. The molecule has 0 bridgehead atoms. The number of aromatic nitrogens is 2. The molecule has 0 aliphatic heterocycles. The molecule has 0 spiro atoms. The van der Waals surface area contributed by atoms with Gasteiger partial charge in [-0.2, -0.15) is 5.10 Å². The number of aryl methyl sites for hydroxylation is 2. The van der Waals surface area contributed by atoms with Gasteiger partial charge in [0.15, 0.2) is 0 Å². The zero-order chi connectivity index (χ0) is 13.7. The van der Waals surface area contributed by atoms with Crippen LogP contribution in [0.1, 0.15) is 43.1 Å². The van der Waals surface area contributed by atoms with Crippen LogP contribution in [-0.2, 0) is 13.1 Å². The summed E-state index contributed by atoms with van der Waals surface area (Å²) in [5.41, 5.74) is 3.91. The lowest BCUT2D eigenvalue weighted by atomic mass is 10.0. The van der Waals surface area contributed by atoms with E-state index in [9.17, 15) is 0 Å². The number of nitrogens with zero attached hydrogens (tertiary/aromatic N) is 2. The first-order chi connectivity index (χ1) is 9.24. The van der Waals surface area contributed by atoms with Gasteiger partial charge in [-0.25, -0.2) is 0 Å². The molecule has 3 heteroatoms. The van der Waals surface area contributed by atoms with Gasteiger partial charge in [-0.3, -0.25) is 4.68 Å². The van der Waals surface area contributed by atoms with Crippen molar-refractivity contribution < 1.29 is 0 Å². The lowest BCUT2D eigenvalue weighted by Crippen LogP contribution is -2.22. The van der Waals surface area contributed by atoms with Crippen molar-refractivity contribution >= 4 is 0 Å². The van der Waals surface area contributed by atoms with Crippen molar-refractivity contribution in [3.63, 3.8) is 0 Å². The van der Waals surface area contributed by atoms with Gasteiger partial charge >= 0.3 is 0 Å². The largest absolute Gasteiger partial charge is 0.304 e. The Hall–Kier alpha value is -1.61. The summed E-state index contributed by atoms with van der Waals surface area (Å²) >= 11 is 0. The van der Waals surface area contributed by atoms with Crippen LogP contribution in [0, 0.1) is 6.92 Å². The van der Waals surface area contributed by atoms with Gasteiger partial charge in [0.1, 0.15) is 0 Å². The van der Waals surface area contributed by atoms with Gasteiger partial charge in [0.05, 0.1) is 5.69 Å². The highest BCUT2D eigenvalue weighted by Crippen LogP contribution is 2.17. The third kappa shape index (κ3) is 3.44. The standard InChI is InChI=1S/C16H23N3/c1-4-16(14-8-6-13(3)7-9-14)17-12-15-10-11-18-19(15)5-2/h6-11,16-17H,4-5,12H2,1-3H3. The van der Waals surface area contributed by atoms with Gasteiger partial charge in [0.2, 0.25) is 0 Å². The second-order valence-corrected chi connectivity index (χ2v) is 4.89. The second kappa shape index (κ2) is 6.53. The van der Waals surface area contributed by atoms with E-state index in [1.807, 2.05) is 10.9 Å². The average Bonchev–Trinajstić information content (AvgIpc) is 2.89. The molecule has 102 valence electrons. The van der Waals surface area contributed by atoms with E-state index in [0.717, 1.165) is 19.5 Å². The van der Waals surface area contributed by atoms with Crippen LogP contribution in [0.5, 0.6) is 0 Å². The van der Waals surface area contributed by atoms with Gasteiger partial charge < -0.3 is 5.32 Å². The first-order valence-electron chi connectivity index (χ1n) is 7.05. The molecule has 0 fully saturated rings. The predicted octanol–water partition coefficient (Wildman–Crippen LogP) is 3.45. The van der Waals surface area contributed by atoms with Crippen LogP contribution in [0.25, 0.3) is 0 Å². The molecule has 0 saturated heterocycles. The lowest BCUT2D eigenvalue weighted by molar-refractivity contribution is 0.494. The van der Waals surface area contributed by atoms with Gasteiger partial charge in [-0.05, 0) is 31.9 Å². The Morgan fingerprint density at radius 3 is 2.53 bits per heavy atom. The van der Waals surface area contributed by atoms with E-state index in [2.05, 4.69) is 61.5 Å². The molecular formula is C16H23N3. The van der Waals surface area contributed by atoms with Gasteiger partial charge in [-0.1, -0.05) is 36.8 Å². The fraction of sp³-hybridized carbons (Fsp3) is 0.438. The normalized spacial score (nSPS) is 12.6. The van der Waals surface area contributed by atoms with Gasteiger partial charge in [0.25, 0.3) is 0 Å². The zero-order valence-electron chi connectivity index (χ0n) is 12.1. The number of benzene rings is 1. The molecule has 1 aromatic carbocycles. The summed E-state index contributed by atoms with van der Waals surface area (Å²) in [7, 11) is 0. The lowest BCUT2D eigenvalue weighted by Gasteiger charge is -2.18. The summed E-state index contributed by atoms with van der Waals surface area (Å²) in [5, 5.41) is 7.92.